The molecule has 0 saturated carbocycles. The van der Waals surface area contributed by atoms with Crippen LogP contribution in [0.3, 0.4) is 0 Å². The smallest absolute Gasteiger partial charge is 0.290 e. The average Bonchev–Trinajstić information content (AvgIpc) is 1.65. The van der Waals surface area contributed by atoms with Gasteiger partial charge in [-0.3, -0.25) is 4.79 Å². The molecule has 1 nitrogen and oxygen atoms in total. The summed E-state index contributed by atoms with van der Waals surface area (Å²) >= 11 is 0. The Morgan fingerprint density at radius 2 is 2.00 bits per heavy atom. The molecule has 0 N–H and O–H groups in total. The first-order valence-electron chi connectivity index (χ1n) is 1.55. The maximum absolute atomic E-state index is 10.8. The van der Waals surface area contributed by atoms with Crippen LogP contribution in [-0.4, -0.2) is 18.9 Å². The van der Waals surface area contributed by atoms with E-state index in [2.05, 4.69) is 0 Å². The molecule has 0 bridgehead atoms. The Balaban J connectivity index is 3.35. The fourth-order valence-electron chi connectivity index (χ4n) is 0.0583. The molecule has 0 aromatic carbocycles. The topological polar surface area (TPSA) is 17.1 Å². The van der Waals surface area contributed by atoms with E-state index in [1.54, 1.807) is 0 Å². The number of hydrogen-bond donors (Lipinski definition) is 0. The average molecular weight is 112 g/mol. The third-order valence-electron chi connectivity index (χ3n) is 0.375. The van der Waals surface area contributed by atoms with Crippen molar-refractivity contribution in [2.24, 2.45) is 0 Å². The molecule has 0 aliphatic rings. The summed E-state index contributed by atoms with van der Waals surface area (Å²) < 4.78 is 32.5. The number of rotatable bonds is 2. The normalized spacial score (nSPS) is 9.71. The standard InChI is InChI=1S/C3H3F3O/c4-1-2(7)3(5)6/h3H,1H2. The number of Topliss-reactive ketones (excluding diaryl/α,β-unsaturated/α-hetero) is 1. The molecule has 42 valence electrons. The first-order chi connectivity index (χ1) is 3.18. The van der Waals surface area contributed by atoms with Gasteiger partial charge >= 0.3 is 0 Å². The summed E-state index contributed by atoms with van der Waals surface area (Å²) in [6.07, 6.45) is -3.15. The fourth-order valence-corrected chi connectivity index (χ4v) is 0.0583. The van der Waals surface area contributed by atoms with E-state index in [0.29, 0.717) is 0 Å². The van der Waals surface area contributed by atoms with E-state index in [4.69, 9.17) is 0 Å². The van der Waals surface area contributed by atoms with Gasteiger partial charge in [0.25, 0.3) is 6.43 Å². The van der Waals surface area contributed by atoms with Gasteiger partial charge in [-0.25, -0.2) is 13.2 Å². The van der Waals surface area contributed by atoms with Gasteiger partial charge in [0.15, 0.2) is 6.67 Å². The van der Waals surface area contributed by atoms with Crippen LogP contribution < -0.4 is 0 Å². The van der Waals surface area contributed by atoms with Gasteiger partial charge in [-0.05, 0) is 0 Å². The summed E-state index contributed by atoms with van der Waals surface area (Å²) in [5.41, 5.74) is 0. The molecule has 0 atom stereocenters. The molecule has 0 aliphatic heterocycles. The Labute approximate surface area is 38.1 Å². The molecular formula is C3H3F3O. The SMILES string of the molecule is O=C(CF)C(F)F. The Hall–Kier alpha value is -0.540. The molecule has 0 saturated heterocycles. The monoisotopic (exact) mass is 112 g/mol. The zero-order chi connectivity index (χ0) is 5.86. The summed E-state index contributed by atoms with van der Waals surface area (Å²) in [5, 5.41) is 0. The van der Waals surface area contributed by atoms with Crippen LogP contribution >= 0.6 is 0 Å². The summed E-state index contributed by atoms with van der Waals surface area (Å²) in [5.74, 6) is -1.65. The Morgan fingerprint density at radius 3 is 2.00 bits per heavy atom. The summed E-state index contributed by atoms with van der Waals surface area (Å²) in [4.78, 5) is 9.39. The highest BCUT2D eigenvalue weighted by molar-refractivity contribution is 5.82. The van der Waals surface area contributed by atoms with Gasteiger partial charge in [-0.1, -0.05) is 0 Å². The second kappa shape index (κ2) is 2.60. The lowest BCUT2D eigenvalue weighted by Crippen LogP contribution is -2.10. The van der Waals surface area contributed by atoms with Crippen molar-refractivity contribution in [1.29, 1.82) is 0 Å². The molecule has 0 aromatic heterocycles. The molecule has 0 heterocycles. The Bertz CT molecular complexity index is 70.6. The van der Waals surface area contributed by atoms with Gasteiger partial charge in [-0.15, -0.1) is 0 Å². The van der Waals surface area contributed by atoms with Gasteiger partial charge in [0.1, 0.15) is 0 Å². The largest absolute Gasteiger partial charge is 0.298 e. The van der Waals surface area contributed by atoms with Crippen molar-refractivity contribution in [3.05, 3.63) is 0 Å². The van der Waals surface area contributed by atoms with E-state index in [9.17, 15) is 18.0 Å². The predicted octanol–water partition coefficient (Wildman–Crippen LogP) is 0.790. The van der Waals surface area contributed by atoms with Crippen molar-refractivity contribution in [2.45, 2.75) is 6.43 Å². The Kier molecular flexibility index (Phi) is 2.40. The van der Waals surface area contributed by atoms with E-state index in [1.165, 1.54) is 0 Å². The highest BCUT2D eigenvalue weighted by Crippen LogP contribution is 1.92. The van der Waals surface area contributed by atoms with E-state index < -0.39 is 18.9 Å². The summed E-state index contributed by atoms with van der Waals surface area (Å²) in [6.45, 7) is -1.57. The lowest BCUT2D eigenvalue weighted by Gasteiger charge is -1.86. The molecule has 0 spiro atoms. The minimum Gasteiger partial charge on any atom is -0.290 e. The maximum atomic E-state index is 10.8. The number of carbonyl (C=O) groups is 1. The van der Waals surface area contributed by atoms with Crippen LogP contribution in [0.1, 0.15) is 0 Å². The number of carbonyl (C=O) groups excluding carboxylic acids is 1. The third kappa shape index (κ3) is 2.19. The number of ketones is 1. The van der Waals surface area contributed by atoms with Crippen molar-refractivity contribution < 1.29 is 18.0 Å². The molecule has 0 aromatic rings. The van der Waals surface area contributed by atoms with Crippen molar-refractivity contribution >= 4 is 5.78 Å². The van der Waals surface area contributed by atoms with E-state index in [-0.39, 0.29) is 0 Å². The highest BCUT2D eigenvalue weighted by atomic mass is 19.3. The quantitative estimate of drug-likeness (QED) is 0.516. The fraction of sp³-hybridized carbons (Fsp3) is 0.667. The van der Waals surface area contributed by atoms with Gasteiger partial charge < -0.3 is 0 Å². The van der Waals surface area contributed by atoms with Gasteiger partial charge in [0, 0.05) is 0 Å². The third-order valence-corrected chi connectivity index (χ3v) is 0.375. The predicted molar refractivity (Wildman–Crippen MR) is 17.0 cm³/mol. The molecule has 0 fully saturated rings. The molecule has 0 amide bonds. The van der Waals surface area contributed by atoms with Crippen LogP contribution in [0.4, 0.5) is 13.2 Å². The first-order valence-corrected chi connectivity index (χ1v) is 1.55. The van der Waals surface area contributed by atoms with Crippen molar-refractivity contribution in [2.75, 3.05) is 6.67 Å². The Morgan fingerprint density at radius 1 is 1.57 bits per heavy atom. The van der Waals surface area contributed by atoms with E-state index >= 15 is 0 Å². The van der Waals surface area contributed by atoms with Gasteiger partial charge in [0.05, 0.1) is 0 Å². The van der Waals surface area contributed by atoms with Crippen molar-refractivity contribution in [3.63, 3.8) is 0 Å². The van der Waals surface area contributed by atoms with Gasteiger partial charge in [-0.2, -0.15) is 0 Å². The van der Waals surface area contributed by atoms with Crippen LogP contribution in [0.25, 0.3) is 0 Å². The van der Waals surface area contributed by atoms with Crippen LogP contribution in [-0.2, 0) is 4.79 Å². The summed E-state index contributed by atoms with van der Waals surface area (Å²) in [7, 11) is 0. The van der Waals surface area contributed by atoms with Gasteiger partial charge in [0.2, 0.25) is 5.78 Å². The second-order valence-corrected chi connectivity index (χ2v) is 0.901. The molecule has 4 heteroatoms. The second-order valence-electron chi connectivity index (χ2n) is 0.901. The van der Waals surface area contributed by atoms with Crippen molar-refractivity contribution in [3.8, 4) is 0 Å². The lowest BCUT2D eigenvalue weighted by atomic mass is 10.5. The number of hydrogen-bond acceptors (Lipinski definition) is 1. The van der Waals surface area contributed by atoms with Crippen molar-refractivity contribution in [1.82, 2.24) is 0 Å². The first kappa shape index (κ1) is 6.46. The number of alkyl halides is 3. The van der Waals surface area contributed by atoms with Crippen LogP contribution in [0.5, 0.6) is 0 Å². The molecule has 0 unspecified atom stereocenters. The van der Waals surface area contributed by atoms with Crippen LogP contribution in [0.15, 0.2) is 0 Å². The maximum Gasteiger partial charge on any atom is 0.298 e. The van der Waals surface area contributed by atoms with E-state index in [1.807, 2.05) is 0 Å². The van der Waals surface area contributed by atoms with E-state index in [0.717, 1.165) is 0 Å². The highest BCUT2D eigenvalue weighted by Gasteiger charge is 2.12. The zero-order valence-electron chi connectivity index (χ0n) is 3.33. The zero-order valence-corrected chi connectivity index (χ0v) is 3.33. The number of halogens is 3. The molecule has 0 radical (unpaired) electrons. The molecule has 0 aliphatic carbocycles. The van der Waals surface area contributed by atoms with Crippen LogP contribution in [0.2, 0.25) is 0 Å². The molecule has 0 rings (SSSR count). The minimum absolute atomic E-state index is 1.57. The lowest BCUT2D eigenvalue weighted by molar-refractivity contribution is -0.130. The van der Waals surface area contributed by atoms with Crippen LogP contribution in [0, 0.1) is 0 Å². The molecular weight excluding hydrogens is 109 g/mol. The summed E-state index contributed by atoms with van der Waals surface area (Å²) in [6, 6.07) is 0. The molecule has 7 heavy (non-hydrogen) atoms. The minimum atomic E-state index is -3.15.